The Labute approximate surface area is 132 Å². The van der Waals surface area contributed by atoms with Gasteiger partial charge in [0.2, 0.25) is 0 Å². The molecule has 108 valence electrons. The molecule has 0 atom stereocenters. The minimum absolute atomic E-state index is 0.119. The number of aliphatic hydroxyl groups excluding tert-OH is 1. The summed E-state index contributed by atoms with van der Waals surface area (Å²) in [6.07, 6.45) is 4.12. The van der Waals surface area contributed by atoms with Crippen LogP contribution in [0.3, 0.4) is 0 Å². The van der Waals surface area contributed by atoms with Crippen LogP contribution in [0.2, 0.25) is 10.0 Å². The Balaban J connectivity index is 2.22. The van der Waals surface area contributed by atoms with Gasteiger partial charge in [0.05, 0.1) is 21.1 Å². The minimum Gasteiger partial charge on any atom is -0.396 e. The van der Waals surface area contributed by atoms with Crippen LogP contribution in [0.4, 0.5) is 0 Å². The highest BCUT2D eigenvalue weighted by atomic mass is 35.5. The first-order valence-corrected chi connectivity index (χ1v) is 7.33. The summed E-state index contributed by atoms with van der Waals surface area (Å²) in [5, 5.41) is 10.1. The van der Waals surface area contributed by atoms with Crippen LogP contribution >= 0.6 is 23.2 Å². The molecule has 0 saturated carbocycles. The first kappa shape index (κ1) is 14.3. The zero-order valence-corrected chi connectivity index (χ0v) is 12.6. The van der Waals surface area contributed by atoms with Crippen molar-refractivity contribution >= 4 is 34.2 Å². The van der Waals surface area contributed by atoms with Crippen LogP contribution in [-0.2, 0) is 6.54 Å². The van der Waals surface area contributed by atoms with Crippen LogP contribution in [-0.4, -0.2) is 26.2 Å². The van der Waals surface area contributed by atoms with Gasteiger partial charge in [0, 0.05) is 31.1 Å². The number of aliphatic hydroxyl groups is 1. The number of rotatable bonds is 4. The van der Waals surface area contributed by atoms with Crippen LogP contribution in [0.1, 0.15) is 6.42 Å². The molecule has 3 aromatic rings. The van der Waals surface area contributed by atoms with Crippen LogP contribution in [0.5, 0.6) is 0 Å². The summed E-state index contributed by atoms with van der Waals surface area (Å²) in [5.41, 5.74) is 2.59. The molecule has 0 fully saturated rings. The summed E-state index contributed by atoms with van der Waals surface area (Å²) < 4.78 is 2.03. The zero-order chi connectivity index (χ0) is 14.8. The number of hydrogen-bond acceptors (Lipinski definition) is 3. The van der Waals surface area contributed by atoms with E-state index in [0.717, 1.165) is 22.4 Å². The van der Waals surface area contributed by atoms with Gasteiger partial charge in [-0.3, -0.25) is 4.98 Å². The number of imidazole rings is 1. The van der Waals surface area contributed by atoms with Crippen molar-refractivity contribution in [2.45, 2.75) is 13.0 Å². The Morgan fingerprint density at radius 2 is 2.00 bits per heavy atom. The standard InChI is InChI=1S/C15H13Cl2N3O/c16-11-7-13-14(8-12(11)17)20(5-2-6-21)15(19-13)10-3-1-4-18-9-10/h1,3-4,7-9,21H,2,5-6H2. The number of aromatic nitrogens is 3. The lowest BCUT2D eigenvalue weighted by Gasteiger charge is -2.08. The van der Waals surface area contributed by atoms with Gasteiger partial charge in [0.15, 0.2) is 0 Å². The Hall–Kier alpha value is -1.62. The van der Waals surface area contributed by atoms with E-state index in [1.807, 2.05) is 22.8 Å². The van der Waals surface area contributed by atoms with E-state index >= 15 is 0 Å². The number of halogens is 2. The molecule has 21 heavy (non-hydrogen) atoms. The molecule has 0 bridgehead atoms. The maximum atomic E-state index is 9.10. The molecule has 0 unspecified atom stereocenters. The van der Waals surface area contributed by atoms with Crippen molar-refractivity contribution < 1.29 is 5.11 Å². The van der Waals surface area contributed by atoms with Gasteiger partial charge in [-0.25, -0.2) is 4.98 Å². The summed E-state index contributed by atoms with van der Waals surface area (Å²) >= 11 is 12.2. The third-order valence-corrected chi connectivity index (χ3v) is 3.97. The van der Waals surface area contributed by atoms with Gasteiger partial charge < -0.3 is 9.67 Å². The maximum absolute atomic E-state index is 9.10. The van der Waals surface area contributed by atoms with Crippen LogP contribution in [0.25, 0.3) is 22.4 Å². The molecule has 0 aliphatic heterocycles. The van der Waals surface area contributed by atoms with E-state index in [0.29, 0.717) is 23.0 Å². The Kier molecular flexibility index (Phi) is 4.10. The summed E-state index contributed by atoms with van der Waals surface area (Å²) in [7, 11) is 0. The van der Waals surface area contributed by atoms with Crippen molar-refractivity contribution in [1.82, 2.24) is 14.5 Å². The molecule has 6 heteroatoms. The van der Waals surface area contributed by atoms with Gasteiger partial charge in [-0.1, -0.05) is 23.2 Å². The molecule has 3 rings (SSSR count). The molecule has 0 spiro atoms. The lowest BCUT2D eigenvalue weighted by molar-refractivity contribution is 0.281. The lowest BCUT2D eigenvalue weighted by atomic mass is 10.2. The second-order valence-electron chi connectivity index (χ2n) is 4.66. The van der Waals surface area contributed by atoms with Crippen LogP contribution < -0.4 is 0 Å². The zero-order valence-electron chi connectivity index (χ0n) is 11.1. The van der Waals surface area contributed by atoms with Gasteiger partial charge in [-0.05, 0) is 30.7 Å². The van der Waals surface area contributed by atoms with Crippen molar-refractivity contribution in [2.75, 3.05) is 6.61 Å². The quantitative estimate of drug-likeness (QED) is 0.795. The molecule has 0 amide bonds. The van der Waals surface area contributed by atoms with E-state index in [-0.39, 0.29) is 6.61 Å². The summed E-state index contributed by atoms with van der Waals surface area (Å²) in [6, 6.07) is 7.38. The van der Waals surface area contributed by atoms with Crippen molar-refractivity contribution in [3.8, 4) is 11.4 Å². The van der Waals surface area contributed by atoms with Gasteiger partial charge in [0.1, 0.15) is 5.82 Å². The molecule has 1 aromatic carbocycles. The average molecular weight is 322 g/mol. The van der Waals surface area contributed by atoms with Gasteiger partial charge in [-0.2, -0.15) is 0 Å². The molecule has 2 heterocycles. The fourth-order valence-corrected chi connectivity index (χ4v) is 2.61. The molecule has 0 aliphatic carbocycles. The second-order valence-corrected chi connectivity index (χ2v) is 5.48. The largest absolute Gasteiger partial charge is 0.396 e. The SMILES string of the molecule is OCCCn1c(-c2cccnc2)nc2cc(Cl)c(Cl)cc21. The van der Waals surface area contributed by atoms with E-state index in [4.69, 9.17) is 28.3 Å². The first-order chi connectivity index (χ1) is 10.2. The maximum Gasteiger partial charge on any atom is 0.142 e. The Bertz CT molecular complexity index is 771. The fourth-order valence-electron chi connectivity index (χ4n) is 2.29. The normalized spacial score (nSPS) is 11.2. The Morgan fingerprint density at radius 1 is 1.19 bits per heavy atom. The van der Waals surface area contributed by atoms with E-state index < -0.39 is 0 Å². The second kappa shape index (κ2) is 6.02. The molecule has 1 N–H and O–H groups in total. The molecular weight excluding hydrogens is 309 g/mol. The average Bonchev–Trinajstić information content (AvgIpc) is 2.84. The fraction of sp³-hybridized carbons (Fsp3) is 0.200. The number of hydrogen-bond donors (Lipinski definition) is 1. The third-order valence-electron chi connectivity index (χ3n) is 3.25. The number of aryl methyl sites for hydroxylation is 1. The van der Waals surface area contributed by atoms with E-state index in [1.165, 1.54) is 0 Å². The van der Waals surface area contributed by atoms with Gasteiger partial charge >= 0.3 is 0 Å². The predicted octanol–water partition coefficient (Wildman–Crippen LogP) is 3.79. The van der Waals surface area contributed by atoms with E-state index in [2.05, 4.69) is 9.97 Å². The van der Waals surface area contributed by atoms with E-state index in [1.54, 1.807) is 18.5 Å². The monoisotopic (exact) mass is 321 g/mol. The topological polar surface area (TPSA) is 50.9 Å². The third kappa shape index (κ3) is 2.75. The van der Waals surface area contributed by atoms with Gasteiger partial charge in [-0.15, -0.1) is 0 Å². The molecule has 2 aromatic heterocycles. The molecule has 4 nitrogen and oxygen atoms in total. The number of benzene rings is 1. The number of fused-ring (bicyclic) bond motifs is 1. The van der Waals surface area contributed by atoms with Gasteiger partial charge in [0.25, 0.3) is 0 Å². The van der Waals surface area contributed by atoms with Crippen molar-refractivity contribution in [1.29, 1.82) is 0 Å². The Morgan fingerprint density at radius 3 is 2.71 bits per heavy atom. The highest BCUT2D eigenvalue weighted by Crippen LogP contribution is 2.31. The number of nitrogens with zero attached hydrogens (tertiary/aromatic N) is 3. The number of pyridine rings is 1. The highest BCUT2D eigenvalue weighted by Gasteiger charge is 2.14. The summed E-state index contributed by atoms with van der Waals surface area (Å²) in [6.45, 7) is 0.767. The molecule has 0 radical (unpaired) electrons. The van der Waals surface area contributed by atoms with E-state index in [9.17, 15) is 0 Å². The predicted molar refractivity (Wildman–Crippen MR) is 84.7 cm³/mol. The van der Waals surface area contributed by atoms with Crippen molar-refractivity contribution in [3.05, 3.63) is 46.7 Å². The van der Waals surface area contributed by atoms with Crippen LogP contribution in [0.15, 0.2) is 36.7 Å². The van der Waals surface area contributed by atoms with Crippen LogP contribution in [0, 0.1) is 0 Å². The first-order valence-electron chi connectivity index (χ1n) is 6.57. The molecular formula is C15H13Cl2N3O. The highest BCUT2D eigenvalue weighted by molar-refractivity contribution is 6.42. The van der Waals surface area contributed by atoms with Crippen molar-refractivity contribution in [3.63, 3.8) is 0 Å². The van der Waals surface area contributed by atoms with Crippen molar-refractivity contribution in [2.24, 2.45) is 0 Å². The lowest BCUT2D eigenvalue weighted by Crippen LogP contribution is -2.02. The smallest absolute Gasteiger partial charge is 0.142 e. The summed E-state index contributed by atoms with van der Waals surface area (Å²) in [4.78, 5) is 8.77. The summed E-state index contributed by atoms with van der Waals surface area (Å²) in [5.74, 6) is 0.796. The molecule has 0 aliphatic rings. The molecule has 0 saturated heterocycles. The minimum atomic E-state index is 0.119.